The lowest BCUT2D eigenvalue weighted by molar-refractivity contribution is -0.0556. The second kappa shape index (κ2) is 5.71. The molecule has 21 heavy (non-hydrogen) atoms. The average molecular weight is 307 g/mol. The van der Waals surface area contributed by atoms with Crippen LogP contribution in [0.2, 0.25) is 0 Å². The van der Waals surface area contributed by atoms with Crippen LogP contribution in [0.15, 0.2) is 17.5 Å². The third kappa shape index (κ3) is 2.74. The van der Waals surface area contributed by atoms with E-state index in [1.165, 1.54) is 24.2 Å². The third-order valence-corrected chi connectivity index (χ3v) is 5.63. The van der Waals surface area contributed by atoms with Gasteiger partial charge in [0.25, 0.3) is 5.91 Å². The lowest BCUT2D eigenvalue weighted by atomic mass is 10.1. The lowest BCUT2D eigenvalue weighted by Gasteiger charge is -2.31. The van der Waals surface area contributed by atoms with Crippen molar-refractivity contribution in [2.75, 3.05) is 19.8 Å². The lowest BCUT2D eigenvalue weighted by Crippen LogP contribution is -2.46. The van der Waals surface area contributed by atoms with Gasteiger partial charge in [0.15, 0.2) is 0 Å². The molecule has 3 atom stereocenters. The summed E-state index contributed by atoms with van der Waals surface area (Å²) in [5.41, 5.74) is 0. The highest BCUT2D eigenvalue weighted by atomic mass is 32.1. The van der Waals surface area contributed by atoms with Crippen LogP contribution in [-0.2, 0) is 9.47 Å². The second-order valence-electron chi connectivity index (χ2n) is 6.27. The van der Waals surface area contributed by atoms with E-state index in [4.69, 9.17) is 9.47 Å². The summed E-state index contributed by atoms with van der Waals surface area (Å²) in [4.78, 5) is 15.5. The molecule has 1 amide bonds. The maximum absolute atomic E-state index is 12.7. The minimum absolute atomic E-state index is 0.0667. The smallest absolute Gasteiger partial charge is 0.264 e. The molecule has 2 bridgehead atoms. The summed E-state index contributed by atoms with van der Waals surface area (Å²) in [6, 6.07) is 4.03. The van der Waals surface area contributed by atoms with Gasteiger partial charge in [-0.3, -0.25) is 4.79 Å². The molecule has 1 aliphatic heterocycles. The molecule has 0 aromatic carbocycles. The fraction of sp³-hybridized carbons (Fsp3) is 0.688. The van der Waals surface area contributed by atoms with E-state index >= 15 is 0 Å². The zero-order valence-corrected chi connectivity index (χ0v) is 12.9. The number of hydrogen-bond donors (Lipinski definition) is 0. The highest BCUT2D eigenvalue weighted by Crippen LogP contribution is 2.36. The van der Waals surface area contributed by atoms with Crippen molar-refractivity contribution in [1.82, 2.24) is 4.90 Å². The summed E-state index contributed by atoms with van der Waals surface area (Å²) in [6.45, 7) is 2.14. The van der Waals surface area contributed by atoms with E-state index < -0.39 is 0 Å². The number of hydrogen-bond acceptors (Lipinski definition) is 4. The van der Waals surface area contributed by atoms with E-state index in [1.54, 1.807) is 0 Å². The topological polar surface area (TPSA) is 38.8 Å². The standard InChI is InChI=1S/C16H21NO3S/c18-16(14-2-1-9-21-14)17-7-8-19-13-6-5-12(17)15(13)20-10-11-3-4-11/h1-2,9,11-13,15H,3-8,10H2. The fourth-order valence-electron chi connectivity index (χ4n) is 3.44. The van der Waals surface area contributed by atoms with Crippen molar-refractivity contribution in [1.29, 1.82) is 0 Å². The zero-order chi connectivity index (χ0) is 14.2. The summed E-state index contributed by atoms with van der Waals surface area (Å²) in [5, 5.41) is 1.96. The Hall–Kier alpha value is -0.910. The number of amides is 1. The predicted octanol–water partition coefficient (Wildman–Crippen LogP) is 2.55. The van der Waals surface area contributed by atoms with Crippen LogP contribution < -0.4 is 0 Å². The maximum atomic E-state index is 12.7. The molecule has 4 nitrogen and oxygen atoms in total. The van der Waals surface area contributed by atoms with E-state index in [0.717, 1.165) is 30.2 Å². The Labute approximate surface area is 129 Å². The molecule has 2 saturated carbocycles. The Morgan fingerprint density at radius 3 is 3.05 bits per heavy atom. The molecular weight excluding hydrogens is 286 g/mol. The van der Waals surface area contributed by atoms with Gasteiger partial charge in [-0.1, -0.05) is 6.07 Å². The van der Waals surface area contributed by atoms with Gasteiger partial charge >= 0.3 is 0 Å². The van der Waals surface area contributed by atoms with Crippen molar-refractivity contribution < 1.29 is 14.3 Å². The van der Waals surface area contributed by atoms with Crippen LogP contribution >= 0.6 is 11.3 Å². The second-order valence-corrected chi connectivity index (χ2v) is 7.22. The first-order chi connectivity index (χ1) is 10.3. The molecule has 3 unspecified atom stereocenters. The molecule has 2 aliphatic carbocycles. The number of ether oxygens (including phenoxy) is 2. The monoisotopic (exact) mass is 307 g/mol. The van der Waals surface area contributed by atoms with Crippen LogP contribution in [0, 0.1) is 5.92 Å². The van der Waals surface area contributed by atoms with Crippen LogP contribution in [0.3, 0.4) is 0 Å². The van der Waals surface area contributed by atoms with Crippen LogP contribution in [-0.4, -0.2) is 48.8 Å². The number of nitrogens with zero attached hydrogens (tertiary/aromatic N) is 1. The first-order valence-electron chi connectivity index (χ1n) is 7.90. The summed E-state index contributed by atoms with van der Waals surface area (Å²) in [5.74, 6) is 0.885. The molecule has 1 aromatic heterocycles. The highest BCUT2D eigenvalue weighted by Gasteiger charge is 2.45. The van der Waals surface area contributed by atoms with Crippen molar-refractivity contribution in [3.8, 4) is 0 Å². The van der Waals surface area contributed by atoms with Gasteiger partial charge in [0.05, 0.1) is 23.6 Å². The summed E-state index contributed by atoms with van der Waals surface area (Å²) in [6.07, 6.45) is 4.83. The summed E-state index contributed by atoms with van der Waals surface area (Å²) < 4.78 is 12.1. The van der Waals surface area contributed by atoms with E-state index in [2.05, 4.69) is 0 Å². The van der Waals surface area contributed by atoms with Crippen molar-refractivity contribution in [3.05, 3.63) is 22.4 Å². The van der Waals surface area contributed by atoms with E-state index in [9.17, 15) is 4.79 Å². The summed E-state index contributed by atoms with van der Waals surface area (Å²) in [7, 11) is 0. The number of rotatable bonds is 4. The molecule has 3 aliphatic rings. The van der Waals surface area contributed by atoms with Gasteiger partial charge < -0.3 is 14.4 Å². The quantitative estimate of drug-likeness (QED) is 0.858. The van der Waals surface area contributed by atoms with E-state index in [1.807, 2.05) is 22.4 Å². The normalized spacial score (nSPS) is 32.2. The molecule has 2 heterocycles. The largest absolute Gasteiger partial charge is 0.374 e. The molecule has 5 heteroatoms. The van der Waals surface area contributed by atoms with Crippen LogP contribution in [0.1, 0.15) is 35.4 Å². The maximum Gasteiger partial charge on any atom is 0.264 e. The minimum Gasteiger partial charge on any atom is -0.374 e. The Bertz CT molecular complexity index is 500. The SMILES string of the molecule is O=C(c1cccs1)N1CCOC2CCC1C2OCC1CC1. The van der Waals surface area contributed by atoms with Crippen LogP contribution in [0.4, 0.5) is 0 Å². The third-order valence-electron chi connectivity index (χ3n) is 4.77. The van der Waals surface area contributed by atoms with Gasteiger partial charge in [-0.05, 0) is 43.0 Å². The van der Waals surface area contributed by atoms with Gasteiger partial charge in [0.2, 0.25) is 0 Å². The molecule has 1 aromatic rings. The number of carbonyl (C=O) groups excluding carboxylic acids is 1. The van der Waals surface area contributed by atoms with Crippen LogP contribution in [0.25, 0.3) is 0 Å². The molecular formula is C16H21NO3S. The van der Waals surface area contributed by atoms with Gasteiger partial charge in [-0.25, -0.2) is 0 Å². The molecule has 0 spiro atoms. The van der Waals surface area contributed by atoms with Gasteiger partial charge in [-0.15, -0.1) is 11.3 Å². The zero-order valence-electron chi connectivity index (χ0n) is 12.1. The van der Waals surface area contributed by atoms with Gasteiger partial charge in [-0.2, -0.15) is 0 Å². The molecule has 4 rings (SSSR count). The Morgan fingerprint density at radius 1 is 1.38 bits per heavy atom. The van der Waals surface area contributed by atoms with Crippen molar-refractivity contribution in [3.63, 3.8) is 0 Å². The molecule has 0 radical (unpaired) electrons. The van der Waals surface area contributed by atoms with Crippen molar-refractivity contribution in [2.24, 2.45) is 5.92 Å². The Kier molecular flexibility index (Phi) is 3.73. The minimum atomic E-state index is 0.0667. The first-order valence-corrected chi connectivity index (χ1v) is 8.78. The fourth-order valence-corrected chi connectivity index (χ4v) is 4.11. The number of thiophene rings is 1. The van der Waals surface area contributed by atoms with E-state index in [-0.39, 0.29) is 24.2 Å². The van der Waals surface area contributed by atoms with Crippen molar-refractivity contribution in [2.45, 2.75) is 43.9 Å². The molecule has 3 fully saturated rings. The van der Waals surface area contributed by atoms with Crippen LogP contribution in [0.5, 0.6) is 0 Å². The van der Waals surface area contributed by atoms with Crippen molar-refractivity contribution >= 4 is 17.2 Å². The first kappa shape index (κ1) is 13.7. The summed E-state index contributed by atoms with van der Waals surface area (Å²) >= 11 is 1.51. The Balaban J connectivity index is 1.51. The van der Waals surface area contributed by atoms with Gasteiger partial charge in [0, 0.05) is 13.2 Å². The number of fused-ring (bicyclic) bond motifs is 2. The average Bonchev–Trinajstić information content (AvgIpc) is 3.02. The molecule has 114 valence electrons. The number of carbonyl (C=O) groups is 1. The highest BCUT2D eigenvalue weighted by molar-refractivity contribution is 7.12. The Morgan fingerprint density at radius 2 is 2.29 bits per heavy atom. The molecule has 1 saturated heterocycles. The van der Waals surface area contributed by atoms with E-state index in [0.29, 0.717) is 13.2 Å². The molecule has 0 N–H and O–H groups in total. The predicted molar refractivity (Wildman–Crippen MR) is 80.6 cm³/mol. The van der Waals surface area contributed by atoms with Gasteiger partial charge in [0.1, 0.15) is 6.10 Å².